The fourth-order valence-corrected chi connectivity index (χ4v) is 2.43. The van der Waals surface area contributed by atoms with Crippen molar-refractivity contribution in [2.24, 2.45) is 5.73 Å². The molecular weight excluding hydrogens is 214 g/mol. The quantitative estimate of drug-likeness (QED) is 0.699. The van der Waals surface area contributed by atoms with Gasteiger partial charge in [-0.1, -0.05) is 13.8 Å². The number of nitrogens with two attached hydrogens (primary N) is 1. The summed E-state index contributed by atoms with van der Waals surface area (Å²) in [5.41, 5.74) is 5.75. The number of nitrogens with zero attached hydrogens (tertiary/aromatic N) is 2. The predicted octanol–water partition coefficient (Wildman–Crippen LogP) is 0.280. The lowest BCUT2D eigenvalue weighted by Gasteiger charge is -2.26. The first-order valence-corrected chi connectivity index (χ1v) is 6.35. The van der Waals surface area contributed by atoms with E-state index < -0.39 is 6.04 Å². The lowest BCUT2D eigenvalue weighted by Crippen LogP contribution is -2.44. The number of carbonyl (C=O) groups is 1. The van der Waals surface area contributed by atoms with Crippen LogP contribution in [0.25, 0.3) is 0 Å². The normalized spacial score (nSPS) is 21.6. The fraction of sp³-hybridized carbons (Fsp3) is 0.769. The van der Waals surface area contributed by atoms with Crippen LogP contribution in [0.4, 0.5) is 0 Å². The molecular formula is C13H23N3O. The van der Waals surface area contributed by atoms with Crippen molar-refractivity contribution in [1.29, 1.82) is 0 Å². The first-order chi connectivity index (χ1) is 8.13. The van der Waals surface area contributed by atoms with Gasteiger partial charge in [0.15, 0.2) is 0 Å². The number of likely N-dealkylation sites (N-methyl/N-ethyl adjacent to an activating group) is 1. The molecule has 0 bridgehead atoms. The summed E-state index contributed by atoms with van der Waals surface area (Å²) >= 11 is 0. The molecule has 2 unspecified atom stereocenters. The molecule has 1 amide bonds. The molecule has 0 saturated carbocycles. The Morgan fingerprint density at radius 1 is 1.59 bits per heavy atom. The average Bonchev–Trinajstić information content (AvgIpc) is 2.79. The molecule has 2 atom stereocenters. The molecule has 17 heavy (non-hydrogen) atoms. The smallest absolute Gasteiger partial charge is 0.240 e. The maximum absolute atomic E-state index is 12.0. The molecule has 2 N–H and O–H groups in total. The van der Waals surface area contributed by atoms with Gasteiger partial charge in [0.1, 0.15) is 0 Å². The summed E-state index contributed by atoms with van der Waals surface area (Å²) < 4.78 is 0. The molecule has 0 aromatic rings. The van der Waals surface area contributed by atoms with Crippen LogP contribution in [-0.2, 0) is 4.79 Å². The Morgan fingerprint density at radius 3 is 2.76 bits per heavy atom. The van der Waals surface area contributed by atoms with E-state index in [9.17, 15) is 4.79 Å². The van der Waals surface area contributed by atoms with E-state index in [2.05, 4.69) is 24.7 Å². The minimum Gasteiger partial charge on any atom is -0.340 e. The standard InChI is InChI=1S/C13H23N3O/c1-4-7-12(14)13(17)16-9-8-11(10-16)15(5-2)6-3/h1,11-12H,5-10,14H2,2-3H3. The largest absolute Gasteiger partial charge is 0.340 e. The highest BCUT2D eigenvalue weighted by Crippen LogP contribution is 2.16. The van der Waals surface area contributed by atoms with Crippen molar-refractivity contribution in [3.63, 3.8) is 0 Å². The highest BCUT2D eigenvalue weighted by Gasteiger charge is 2.31. The number of hydrogen-bond acceptors (Lipinski definition) is 3. The van der Waals surface area contributed by atoms with Crippen LogP contribution < -0.4 is 5.73 Å². The van der Waals surface area contributed by atoms with Crippen LogP contribution in [0.1, 0.15) is 26.7 Å². The first kappa shape index (κ1) is 14.0. The molecule has 0 radical (unpaired) electrons. The van der Waals surface area contributed by atoms with Crippen LogP contribution in [0.15, 0.2) is 0 Å². The van der Waals surface area contributed by atoms with Gasteiger partial charge >= 0.3 is 0 Å². The third kappa shape index (κ3) is 3.45. The number of terminal acetylenes is 1. The second-order valence-corrected chi connectivity index (χ2v) is 4.46. The van der Waals surface area contributed by atoms with Crippen LogP contribution in [0.5, 0.6) is 0 Å². The highest BCUT2D eigenvalue weighted by atomic mass is 16.2. The maximum Gasteiger partial charge on any atom is 0.240 e. The Morgan fingerprint density at radius 2 is 2.24 bits per heavy atom. The van der Waals surface area contributed by atoms with Crippen LogP contribution in [-0.4, -0.2) is 54.0 Å². The van der Waals surface area contributed by atoms with Crippen molar-refractivity contribution in [3.05, 3.63) is 0 Å². The second-order valence-electron chi connectivity index (χ2n) is 4.46. The van der Waals surface area contributed by atoms with Gasteiger partial charge in [0.2, 0.25) is 5.91 Å². The molecule has 1 rings (SSSR count). The van der Waals surface area contributed by atoms with Crippen LogP contribution in [0, 0.1) is 12.3 Å². The molecule has 1 aliphatic rings. The molecule has 1 heterocycles. The summed E-state index contributed by atoms with van der Waals surface area (Å²) in [6.07, 6.45) is 6.54. The SMILES string of the molecule is C#CCC(N)C(=O)N1CCC(N(CC)CC)C1. The molecule has 1 saturated heterocycles. The second kappa shape index (κ2) is 6.63. The van der Waals surface area contributed by atoms with Gasteiger partial charge in [-0.3, -0.25) is 9.69 Å². The van der Waals surface area contributed by atoms with Crippen molar-refractivity contribution in [2.45, 2.75) is 38.8 Å². The van der Waals surface area contributed by atoms with E-state index in [0.717, 1.165) is 32.6 Å². The van der Waals surface area contributed by atoms with Gasteiger partial charge in [-0.05, 0) is 19.5 Å². The molecule has 0 aliphatic carbocycles. The summed E-state index contributed by atoms with van der Waals surface area (Å²) in [5, 5.41) is 0. The third-order valence-corrected chi connectivity index (χ3v) is 3.46. The zero-order valence-corrected chi connectivity index (χ0v) is 10.9. The Labute approximate surface area is 104 Å². The fourth-order valence-electron chi connectivity index (χ4n) is 2.43. The molecule has 1 fully saturated rings. The maximum atomic E-state index is 12.0. The van der Waals surface area contributed by atoms with Crippen molar-refractivity contribution in [3.8, 4) is 12.3 Å². The molecule has 0 aromatic carbocycles. The van der Waals surface area contributed by atoms with E-state index in [1.165, 1.54) is 0 Å². The lowest BCUT2D eigenvalue weighted by atomic mass is 10.2. The van der Waals surface area contributed by atoms with E-state index in [-0.39, 0.29) is 5.91 Å². The van der Waals surface area contributed by atoms with Crippen molar-refractivity contribution in [1.82, 2.24) is 9.80 Å². The summed E-state index contributed by atoms with van der Waals surface area (Å²) in [6, 6.07) is -0.0533. The predicted molar refractivity (Wildman–Crippen MR) is 69.3 cm³/mol. The van der Waals surface area contributed by atoms with Gasteiger partial charge in [0.05, 0.1) is 6.04 Å². The Hall–Kier alpha value is -1.05. The molecule has 1 aliphatic heterocycles. The molecule has 0 aromatic heterocycles. The van der Waals surface area contributed by atoms with Crippen molar-refractivity contribution in [2.75, 3.05) is 26.2 Å². The minimum absolute atomic E-state index is 0.00222. The van der Waals surface area contributed by atoms with Gasteiger partial charge in [0, 0.05) is 25.6 Å². The number of rotatable bonds is 5. The van der Waals surface area contributed by atoms with E-state index in [4.69, 9.17) is 12.2 Å². The summed E-state index contributed by atoms with van der Waals surface area (Å²) in [6.45, 7) is 7.95. The van der Waals surface area contributed by atoms with Gasteiger partial charge in [0.25, 0.3) is 0 Å². The van der Waals surface area contributed by atoms with Gasteiger partial charge in [-0.25, -0.2) is 0 Å². The molecule has 0 spiro atoms. The van der Waals surface area contributed by atoms with Crippen LogP contribution >= 0.6 is 0 Å². The molecule has 4 nitrogen and oxygen atoms in total. The van der Waals surface area contributed by atoms with E-state index >= 15 is 0 Å². The van der Waals surface area contributed by atoms with Gasteiger partial charge < -0.3 is 10.6 Å². The average molecular weight is 237 g/mol. The number of carbonyl (C=O) groups excluding carboxylic acids is 1. The van der Waals surface area contributed by atoms with Gasteiger partial charge in [-0.15, -0.1) is 12.3 Å². The summed E-state index contributed by atoms with van der Waals surface area (Å²) in [4.78, 5) is 16.2. The zero-order valence-electron chi connectivity index (χ0n) is 10.9. The minimum atomic E-state index is -0.532. The first-order valence-electron chi connectivity index (χ1n) is 6.35. The van der Waals surface area contributed by atoms with E-state index in [0.29, 0.717) is 12.5 Å². The van der Waals surface area contributed by atoms with Crippen molar-refractivity contribution >= 4 is 5.91 Å². The van der Waals surface area contributed by atoms with Gasteiger partial charge in [-0.2, -0.15) is 0 Å². The number of amides is 1. The highest BCUT2D eigenvalue weighted by molar-refractivity contribution is 5.82. The van der Waals surface area contributed by atoms with Crippen molar-refractivity contribution < 1.29 is 4.79 Å². The topological polar surface area (TPSA) is 49.6 Å². The number of likely N-dealkylation sites (tertiary alicyclic amines) is 1. The Balaban J connectivity index is 2.50. The Kier molecular flexibility index (Phi) is 5.46. The third-order valence-electron chi connectivity index (χ3n) is 3.46. The van der Waals surface area contributed by atoms with Crippen LogP contribution in [0.3, 0.4) is 0 Å². The summed E-state index contributed by atoms with van der Waals surface area (Å²) in [5.74, 6) is 2.44. The lowest BCUT2D eigenvalue weighted by molar-refractivity contribution is -0.131. The monoisotopic (exact) mass is 237 g/mol. The van der Waals surface area contributed by atoms with E-state index in [1.54, 1.807) is 0 Å². The molecule has 4 heteroatoms. The zero-order chi connectivity index (χ0) is 12.8. The van der Waals surface area contributed by atoms with E-state index in [1.807, 2.05) is 4.90 Å². The number of hydrogen-bond donors (Lipinski definition) is 1. The van der Waals surface area contributed by atoms with Crippen LogP contribution in [0.2, 0.25) is 0 Å². The summed E-state index contributed by atoms with van der Waals surface area (Å²) in [7, 11) is 0. The Bertz CT molecular complexity index is 294. The molecule has 96 valence electrons.